The van der Waals surface area contributed by atoms with Crippen LogP contribution in [0.2, 0.25) is 5.02 Å². The van der Waals surface area contributed by atoms with E-state index in [2.05, 4.69) is 0 Å². The van der Waals surface area contributed by atoms with Gasteiger partial charge in [0, 0.05) is 13.0 Å². The Kier molecular flexibility index (Phi) is 4.44. The number of hydrogen-bond donors (Lipinski definition) is 2. The van der Waals surface area contributed by atoms with Crippen LogP contribution in [0.4, 0.5) is 0 Å². The summed E-state index contributed by atoms with van der Waals surface area (Å²) < 4.78 is 11.2. The van der Waals surface area contributed by atoms with Gasteiger partial charge in [-0.3, -0.25) is 5.41 Å². The van der Waals surface area contributed by atoms with Crippen LogP contribution in [-0.4, -0.2) is 25.2 Å². The van der Waals surface area contributed by atoms with Gasteiger partial charge < -0.3 is 15.2 Å². The summed E-state index contributed by atoms with van der Waals surface area (Å²) in [5.74, 6) is 0.487. The second-order valence-electron chi connectivity index (χ2n) is 4.30. The topological polar surface area (TPSA) is 68.3 Å². The minimum absolute atomic E-state index is 0.0762. The van der Waals surface area contributed by atoms with Crippen molar-refractivity contribution >= 4 is 17.4 Å². The van der Waals surface area contributed by atoms with Crippen LogP contribution in [0, 0.1) is 5.41 Å². The van der Waals surface area contributed by atoms with Gasteiger partial charge in [-0.05, 0) is 25.0 Å². The Hall–Kier alpha value is -1.26. The van der Waals surface area contributed by atoms with Gasteiger partial charge in [-0.1, -0.05) is 17.7 Å². The van der Waals surface area contributed by atoms with E-state index in [9.17, 15) is 0 Å². The molecule has 98 valence electrons. The average molecular weight is 269 g/mol. The summed E-state index contributed by atoms with van der Waals surface area (Å²) in [6, 6.07) is 5.26. The first-order valence-corrected chi connectivity index (χ1v) is 6.43. The lowest BCUT2D eigenvalue weighted by atomic mass is 10.1. The van der Waals surface area contributed by atoms with Crippen molar-refractivity contribution in [1.29, 1.82) is 5.41 Å². The van der Waals surface area contributed by atoms with E-state index in [1.807, 2.05) is 0 Å². The molecule has 1 fully saturated rings. The lowest BCUT2D eigenvalue weighted by molar-refractivity contribution is 0.0903. The summed E-state index contributed by atoms with van der Waals surface area (Å²) in [4.78, 5) is 0. The molecule has 0 amide bonds. The fraction of sp³-hybridized carbons (Fsp3) is 0.462. The highest BCUT2D eigenvalue weighted by atomic mass is 35.5. The molecule has 1 heterocycles. The summed E-state index contributed by atoms with van der Waals surface area (Å²) >= 11 is 6.00. The maximum atomic E-state index is 7.51. The molecule has 4 nitrogen and oxygen atoms in total. The number of nitrogens with two attached hydrogens (primary N) is 1. The van der Waals surface area contributed by atoms with Crippen molar-refractivity contribution in [3.05, 3.63) is 28.8 Å². The van der Waals surface area contributed by atoms with E-state index in [4.69, 9.17) is 32.2 Å². The molecule has 1 atom stereocenters. The molecule has 1 saturated heterocycles. The quantitative estimate of drug-likeness (QED) is 0.637. The third kappa shape index (κ3) is 3.15. The monoisotopic (exact) mass is 268 g/mol. The zero-order chi connectivity index (χ0) is 13.0. The van der Waals surface area contributed by atoms with E-state index in [-0.39, 0.29) is 5.84 Å². The highest BCUT2D eigenvalue weighted by Crippen LogP contribution is 2.26. The number of rotatable bonds is 5. The number of ether oxygens (including phenoxy) is 2. The van der Waals surface area contributed by atoms with Crippen LogP contribution in [0.1, 0.15) is 24.8 Å². The smallest absolute Gasteiger partial charge is 0.131 e. The van der Waals surface area contributed by atoms with Crippen LogP contribution in [-0.2, 0) is 4.74 Å². The van der Waals surface area contributed by atoms with Crippen LogP contribution >= 0.6 is 11.6 Å². The summed E-state index contributed by atoms with van der Waals surface area (Å²) in [5.41, 5.74) is 5.97. The van der Waals surface area contributed by atoms with Crippen LogP contribution in [0.15, 0.2) is 18.2 Å². The molecule has 1 aromatic carbocycles. The van der Waals surface area contributed by atoms with Gasteiger partial charge >= 0.3 is 0 Å². The maximum absolute atomic E-state index is 7.51. The molecule has 1 aliphatic rings. The largest absolute Gasteiger partial charge is 0.493 e. The Morgan fingerprint density at radius 2 is 2.39 bits per heavy atom. The third-order valence-electron chi connectivity index (χ3n) is 2.97. The van der Waals surface area contributed by atoms with Gasteiger partial charge in [0.25, 0.3) is 0 Å². The highest BCUT2D eigenvalue weighted by Gasteiger charge is 2.16. The molecule has 1 aromatic rings. The van der Waals surface area contributed by atoms with Crippen molar-refractivity contribution in [3.63, 3.8) is 0 Å². The highest BCUT2D eigenvalue weighted by molar-refractivity contribution is 6.34. The summed E-state index contributed by atoms with van der Waals surface area (Å²) in [7, 11) is 0. The third-order valence-corrected chi connectivity index (χ3v) is 3.28. The van der Waals surface area contributed by atoms with Crippen molar-refractivity contribution in [3.8, 4) is 5.75 Å². The van der Waals surface area contributed by atoms with Gasteiger partial charge in [0.05, 0.1) is 23.3 Å². The predicted molar refractivity (Wildman–Crippen MR) is 71.6 cm³/mol. The Morgan fingerprint density at radius 3 is 3.06 bits per heavy atom. The summed E-state index contributed by atoms with van der Waals surface area (Å²) in [6.45, 7) is 1.39. The fourth-order valence-corrected chi connectivity index (χ4v) is 2.33. The molecule has 0 saturated carbocycles. The van der Waals surface area contributed by atoms with E-state index >= 15 is 0 Å². The fourth-order valence-electron chi connectivity index (χ4n) is 2.06. The lowest BCUT2D eigenvalue weighted by Gasteiger charge is -2.13. The summed E-state index contributed by atoms with van der Waals surface area (Å²) in [5, 5.41) is 7.95. The van der Waals surface area contributed by atoms with Gasteiger partial charge in [-0.25, -0.2) is 0 Å². The molecule has 0 bridgehead atoms. The number of hydrogen-bond acceptors (Lipinski definition) is 3. The number of halogens is 1. The van der Waals surface area contributed by atoms with Crippen molar-refractivity contribution in [2.75, 3.05) is 13.2 Å². The molecule has 0 aliphatic carbocycles. The van der Waals surface area contributed by atoms with Crippen molar-refractivity contribution in [2.45, 2.75) is 25.4 Å². The molecule has 0 aromatic heterocycles. The number of nitrogen functional groups attached to an aromatic ring is 1. The zero-order valence-electron chi connectivity index (χ0n) is 10.1. The molecule has 0 spiro atoms. The number of amidine groups is 1. The molecule has 18 heavy (non-hydrogen) atoms. The average Bonchev–Trinajstić information content (AvgIpc) is 2.81. The molecule has 3 N–H and O–H groups in total. The van der Waals surface area contributed by atoms with E-state index in [0.29, 0.717) is 29.0 Å². The molecule has 0 radical (unpaired) electrons. The first-order valence-electron chi connectivity index (χ1n) is 6.06. The minimum Gasteiger partial charge on any atom is -0.493 e. The van der Waals surface area contributed by atoms with Crippen LogP contribution in [0.25, 0.3) is 0 Å². The SMILES string of the molecule is N=C(N)c1c(Cl)cccc1OCCC1CCCO1. The van der Waals surface area contributed by atoms with E-state index < -0.39 is 0 Å². The molecular formula is C13H17ClN2O2. The Morgan fingerprint density at radius 1 is 1.56 bits per heavy atom. The number of nitrogens with one attached hydrogen (secondary N) is 1. The molecular weight excluding hydrogens is 252 g/mol. The Labute approximate surface area is 112 Å². The lowest BCUT2D eigenvalue weighted by Crippen LogP contribution is -2.16. The normalized spacial score (nSPS) is 18.8. The first kappa shape index (κ1) is 13.2. The molecule has 2 rings (SSSR count). The Balaban J connectivity index is 1.96. The second-order valence-corrected chi connectivity index (χ2v) is 4.71. The molecule has 1 unspecified atom stereocenters. The van der Waals surface area contributed by atoms with Crippen molar-refractivity contribution < 1.29 is 9.47 Å². The first-order chi connectivity index (χ1) is 8.68. The van der Waals surface area contributed by atoms with Crippen molar-refractivity contribution in [1.82, 2.24) is 0 Å². The molecule has 5 heteroatoms. The van der Waals surface area contributed by atoms with E-state index in [1.165, 1.54) is 0 Å². The van der Waals surface area contributed by atoms with Crippen LogP contribution in [0.3, 0.4) is 0 Å². The van der Waals surface area contributed by atoms with Crippen molar-refractivity contribution in [2.24, 2.45) is 5.73 Å². The predicted octanol–water partition coefficient (Wildman–Crippen LogP) is 2.57. The second kappa shape index (κ2) is 6.07. The van der Waals surface area contributed by atoms with E-state index in [0.717, 1.165) is 25.9 Å². The summed E-state index contributed by atoms with van der Waals surface area (Å²) in [6.07, 6.45) is 3.37. The minimum atomic E-state index is -0.0762. The Bertz CT molecular complexity index is 431. The number of benzene rings is 1. The van der Waals surface area contributed by atoms with Gasteiger partial charge in [0.1, 0.15) is 11.6 Å². The van der Waals surface area contributed by atoms with Crippen LogP contribution in [0.5, 0.6) is 5.75 Å². The van der Waals surface area contributed by atoms with Gasteiger partial charge in [-0.15, -0.1) is 0 Å². The van der Waals surface area contributed by atoms with Gasteiger partial charge in [-0.2, -0.15) is 0 Å². The van der Waals surface area contributed by atoms with Gasteiger partial charge in [0.15, 0.2) is 0 Å². The standard InChI is InChI=1S/C13H17ClN2O2/c14-10-4-1-5-11(12(10)13(15)16)18-8-6-9-3-2-7-17-9/h1,4-5,9H,2-3,6-8H2,(H3,15,16). The van der Waals surface area contributed by atoms with Gasteiger partial charge in [0.2, 0.25) is 0 Å². The zero-order valence-corrected chi connectivity index (χ0v) is 10.9. The maximum Gasteiger partial charge on any atom is 0.131 e. The van der Waals surface area contributed by atoms with E-state index in [1.54, 1.807) is 18.2 Å². The van der Waals surface area contributed by atoms with Crippen LogP contribution < -0.4 is 10.5 Å². The molecule has 1 aliphatic heterocycles.